The van der Waals surface area contributed by atoms with Gasteiger partial charge < -0.3 is 20.1 Å². The monoisotopic (exact) mass is 458 g/mol. The number of fused-ring (bicyclic) bond motifs is 1. The minimum atomic E-state index is -0.428. The molecule has 1 aliphatic heterocycles. The van der Waals surface area contributed by atoms with E-state index in [9.17, 15) is 9.59 Å². The Morgan fingerprint density at radius 3 is 2.65 bits per heavy atom. The zero-order valence-electron chi connectivity index (χ0n) is 19.5. The summed E-state index contributed by atoms with van der Waals surface area (Å²) >= 11 is 0. The third-order valence-electron chi connectivity index (χ3n) is 6.70. The maximum absolute atomic E-state index is 12.8. The van der Waals surface area contributed by atoms with Crippen LogP contribution in [0, 0.1) is 11.3 Å². The highest BCUT2D eigenvalue weighted by Gasteiger charge is 2.25. The van der Waals surface area contributed by atoms with Crippen LogP contribution in [-0.2, 0) is 11.3 Å². The van der Waals surface area contributed by atoms with Crippen molar-refractivity contribution in [1.29, 1.82) is 5.26 Å². The molecule has 2 amide bonds. The Hall–Kier alpha value is -3.86. The Morgan fingerprint density at radius 2 is 1.97 bits per heavy atom. The molecule has 1 aliphatic rings. The second kappa shape index (κ2) is 10.4. The van der Waals surface area contributed by atoms with Crippen LogP contribution in [0.4, 0.5) is 5.82 Å². The lowest BCUT2D eigenvalue weighted by atomic mass is 10.0. The van der Waals surface area contributed by atoms with Crippen LogP contribution >= 0.6 is 0 Å². The molecule has 0 radical (unpaired) electrons. The number of aromatic nitrogens is 2. The van der Waals surface area contributed by atoms with E-state index < -0.39 is 5.91 Å². The van der Waals surface area contributed by atoms with Gasteiger partial charge in [-0.25, -0.2) is 4.98 Å². The van der Waals surface area contributed by atoms with Gasteiger partial charge in [-0.3, -0.25) is 9.59 Å². The molecule has 1 aromatic carbocycles. The summed E-state index contributed by atoms with van der Waals surface area (Å²) in [5.41, 5.74) is 7.46. The first-order chi connectivity index (χ1) is 16.5. The highest BCUT2D eigenvalue weighted by molar-refractivity contribution is 5.97. The van der Waals surface area contributed by atoms with Crippen molar-refractivity contribution in [3.05, 3.63) is 59.9 Å². The summed E-state index contributed by atoms with van der Waals surface area (Å²) in [6.07, 6.45) is 7.64. The Morgan fingerprint density at radius 1 is 1.18 bits per heavy atom. The zero-order valence-corrected chi connectivity index (χ0v) is 19.5. The van der Waals surface area contributed by atoms with Crippen molar-refractivity contribution in [3.8, 4) is 6.07 Å². The van der Waals surface area contributed by atoms with E-state index in [2.05, 4.69) is 20.5 Å². The van der Waals surface area contributed by atoms with E-state index in [1.54, 1.807) is 18.3 Å². The summed E-state index contributed by atoms with van der Waals surface area (Å²) in [7, 11) is 1.91. The molecule has 8 nitrogen and oxygen atoms in total. The highest BCUT2D eigenvalue weighted by atomic mass is 16.2. The molecule has 4 rings (SSSR count). The number of aryl methyl sites for hydroxylation is 1. The van der Waals surface area contributed by atoms with Gasteiger partial charge in [0.05, 0.1) is 5.56 Å². The molecule has 0 saturated carbocycles. The van der Waals surface area contributed by atoms with Crippen LogP contribution in [0.1, 0.15) is 48.0 Å². The van der Waals surface area contributed by atoms with E-state index in [-0.39, 0.29) is 11.9 Å². The predicted molar refractivity (Wildman–Crippen MR) is 131 cm³/mol. The summed E-state index contributed by atoms with van der Waals surface area (Å²) in [4.78, 5) is 32.7. The number of piperidine rings is 1. The Kier molecular flexibility index (Phi) is 7.12. The molecule has 2 N–H and O–H groups in total. The standard InChI is InChI=1S/C26H30N6O2/c1-30(22-10-14-32(15-11-22)24-8-5-19(17-27)18-29-24)25(33)4-2-3-12-31-13-9-20-6-7-21(26(28)34)16-23(20)31/h5-9,13,16,18,22H,2-4,10-12,14-15H2,1H3,(H2,28,34). The number of unbranched alkanes of at least 4 members (excludes halogenated alkanes) is 1. The number of rotatable bonds is 8. The molecule has 0 unspecified atom stereocenters. The number of benzene rings is 1. The zero-order chi connectivity index (χ0) is 24.1. The van der Waals surface area contributed by atoms with Crippen molar-refractivity contribution >= 4 is 28.5 Å². The van der Waals surface area contributed by atoms with Crippen molar-refractivity contribution in [1.82, 2.24) is 14.5 Å². The first kappa shape index (κ1) is 23.3. The summed E-state index contributed by atoms with van der Waals surface area (Å²) in [5, 5.41) is 10.00. The molecule has 1 fully saturated rings. The second-order valence-electron chi connectivity index (χ2n) is 8.84. The largest absolute Gasteiger partial charge is 0.366 e. The topological polar surface area (TPSA) is 108 Å². The smallest absolute Gasteiger partial charge is 0.248 e. The number of hydrogen-bond acceptors (Lipinski definition) is 5. The van der Waals surface area contributed by atoms with Crippen LogP contribution < -0.4 is 10.6 Å². The summed E-state index contributed by atoms with van der Waals surface area (Å²) in [5.74, 6) is 0.637. The molecule has 34 heavy (non-hydrogen) atoms. The van der Waals surface area contributed by atoms with E-state index in [4.69, 9.17) is 11.0 Å². The second-order valence-corrected chi connectivity index (χ2v) is 8.84. The molecule has 3 heterocycles. The van der Waals surface area contributed by atoms with Crippen LogP contribution in [-0.4, -0.2) is 52.4 Å². The van der Waals surface area contributed by atoms with Gasteiger partial charge in [0, 0.05) is 62.6 Å². The van der Waals surface area contributed by atoms with Gasteiger partial charge in [0.2, 0.25) is 11.8 Å². The SMILES string of the molecule is CN(C(=O)CCCCn1ccc2ccc(C(N)=O)cc21)C1CCN(c2ccc(C#N)cn2)CC1. The molecule has 3 aromatic rings. The summed E-state index contributed by atoms with van der Waals surface area (Å²) < 4.78 is 2.11. The van der Waals surface area contributed by atoms with E-state index in [0.717, 1.165) is 62.0 Å². The fraction of sp³-hybridized carbons (Fsp3) is 0.385. The summed E-state index contributed by atoms with van der Waals surface area (Å²) in [6, 6.07) is 13.5. The van der Waals surface area contributed by atoms with Gasteiger partial charge in [-0.15, -0.1) is 0 Å². The number of carbonyl (C=O) groups is 2. The van der Waals surface area contributed by atoms with E-state index in [1.807, 2.05) is 42.4 Å². The van der Waals surface area contributed by atoms with Crippen LogP contribution in [0.3, 0.4) is 0 Å². The molecule has 1 saturated heterocycles. The lowest BCUT2D eigenvalue weighted by Crippen LogP contribution is -2.45. The number of pyridine rings is 1. The molecular formula is C26H30N6O2. The third kappa shape index (κ3) is 5.20. The molecule has 176 valence electrons. The summed E-state index contributed by atoms with van der Waals surface area (Å²) in [6.45, 7) is 2.48. The molecule has 8 heteroatoms. The number of amides is 2. The number of primary amides is 1. The number of nitriles is 1. The molecule has 0 atom stereocenters. The normalized spacial score (nSPS) is 14.2. The van der Waals surface area contributed by atoms with Gasteiger partial charge >= 0.3 is 0 Å². The first-order valence-electron chi connectivity index (χ1n) is 11.7. The quantitative estimate of drug-likeness (QED) is 0.521. The molecule has 0 aliphatic carbocycles. The number of nitrogens with zero attached hydrogens (tertiary/aromatic N) is 5. The van der Waals surface area contributed by atoms with Gasteiger partial charge in [-0.05, 0) is 61.4 Å². The predicted octanol–water partition coefficient (Wildman–Crippen LogP) is 3.30. The fourth-order valence-corrected chi connectivity index (χ4v) is 4.59. The Labute approximate surface area is 199 Å². The minimum absolute atomic E-state index is 0.184. The van der Waals surface area contributed by atoms with Crippen LogP contribution in [0.25, 0.3) is 10.9 Å². The molecular weight excluding hydrogens is 428 g/mol. The number of anilines is 1. The molecule has 2 aromatic heterocycles. The average molecular weight is 459 g/mol. The van der Waals surface area contributed by atoms with Crippen LogP contribution in [0.15, 0.2) is 48.8 Å². The Balaban J connectivity index is 1.22. The third-order valence-corrected chi connectivity index (χ3v) is 6.70. The fourth-order valence-electron chi connectivity index (χ4n) is 4.59. The highest BCUT2D eigenvalue weighted by Crippen LogP contribution is 2.22. The van der Waals surface area contributed by atoms with Crippen LogP contribution in [0.5, 0.6) is 0 Å². The molecule has 0 spiro atoms. The maximum Gasteiger partial charge on any atom is 0.248 e. The number of hydrogen-bond donors (Lipinski definition) is 1. The molecule has 0 bridgehead atoms. The van der Waals surface area contributed by atoms with Crippen molar-refractivity contribution in [3.63, 3.8) is 0 Å². The van der Waals surface area contributed by atoms with Crippen molar-refractivity contribution in [2.45, 2.75) is 44.7 Å². The van der Waals surface area contributed by atoms with Gasteiger partial charge in [-0.2, -0.15) is 5.26 Å². The van der Waals surface area contributed by atoms with E-state index >= 15 is 0 Å². The van der Waals surface area contributed by atoms with Gasteiger partial charge in [0.1, 0.15) is 11.9 Å². The number of nitrogens with two attached hydrogens (primary N) is 1. The average Bonchev–Trinajstić information content (AvgIpc) is 3.28. The van der Waals surface area contributed by atoms with Crippen molar-refractivity contribution in [2.75, 3.05) is 25.0 Å². The lowest BCUT2D eigenvalue weighted by Gasteiger charge is -2.37. The lowest BCUT2D eigenvalue weighted by molar-refractivity contribution is -0.132. The van der Waals surface area contributed by atoms with Gasteiger partial charge in [-0.1, -0.05) is 6.07 Å². The van der Waals surface area contributed by atoms with Gasteiger partial charge in [0.15, 0.2) is 0 Å². The first-order valence-corrected chi connectivity index (χ1v) is 11.7. The minimum Gasteiger partial charge on any atom is -0.366 e. The van der Waals surface area contributed by atoms with Gasteiger partial charge in [0.25, 0.3) is 0 Å². The maximum atomic E-state index is 12.8. The van der Waals surface area contributed by atoms with E-state index in [1.165, 1.54) is 0 Å². The van der Waals surface area contributed by atoms with Crippen molar-refractivity contribution in [2.24, 2.45) is 5.73 Å². The van der Waals surface area contributed by atoms with E-state index in [0.29, 0.717) is 17.5 Å². The van der Waals surface area contributed by atoms with Crippen molar-refractivity contribution < 1.29 is 9.59 Å². The van der Waals surface area contributed by atoms with Crippen LogP contribution in [0.2, 0.25) is 0 Å². The number of carbonyl (C=O) groups excluding carboxylic acids is 2. The Bertz CT molecular complexity index is 1200.